The van der Waals surface area contributed by atoms with Crippen LogP contribution in [0, 0.1) is 0 Å². The van der Waals surface area contributed by atoms with Gasteiger partial charge in [-0.15, -0.1) is 0 Å². The maximum Gasteiger partial charge on any atom is 0.0237 e. The summed E-state index contributed by atoms with van der Waals surface area (Å²) >= 11 is 0. The van der Waals surface area contributed by atoms with E-state index in [9.17, 15) is 0 Å². The fourth-order valence-electron chi connectivity index (χ4n) is 2.50. The van der Waals surface area contributed by atoms with Crippen LogP contribution in [0.3, 0.4) is 0 Å². The van der Waals surface area contributed by atoms with E-state index in [1.54, 1.807) is 0 Å². The van der Waals surface area contributed by atoms with Crippen molar-refractivity contribution in [3.05, 3.63) is 35.4 Å². The van der Waals surface area contributed by atoms with Gasteiger partial charge in [-0.2, -0.15) is 0 Å². The fourth-order valence-corrected chi connectivity index (χ4v) is 2.50. The molecule has 3 nitrogen and oxygen atoms in total. The summed E-state index contributed by atoms with van der Waals surface area (Å²) in [5, 5.41) is 0. The smallest absolute Gasteiger partial charge is 0.0237 e. The number of hydrogen-bond acceptors (Lipinski definition) is 3. The van der Waals surface area contributed by atoms with Crippen molar-refractivity contribution in [3.63, 3.8) is 0 Å². The molecule has 0 radical (unpaired) electrons. The maximum absolute atomic E-state index is 5.92. The van der Waals surface area contributed by atoms with Crippen LogP contribution in [-0.4, -0.2) is 49.1 Å². The SMILES string of the molecule is CC(N)Cc1ccccc1CN1CCN(C)CC1. The number of rotatable bonds is 4. The van der Waals surface area contributed by atoms with E-state index in [1.165, 1.54) is 37.3 Å². The summed E-state index contributed by atoms with van der Waals surface area (Å²) in [5.74, 6) is 0. The van der Waals surface area contributed by atoms with Crippen molar-refractivity contribution in [1.82, 2.24) is 9.80 Å². The van der Waals surface area contributed by atoms with Gasteiger partial charge in [-0.3, -0.25) is 4.90 Å². The summed E-state index contributed by atoms with van der Waals surface area (Å²) in [4.78, 5) is 4.93. The van der Waals surface area contributed by atoms with Crippen LogP contribution in [0.25, 0.3) is 0 Å². The molecule has 0 amide bonds. The second kappa shape index (κ2) is 6.32. The van der Waals surface area contributed by atoms with E-state index in [-0.39, 0.29) is 6.04 Å². The lowest BCUT2D eigenvalue weighted by molar-refractivity contribution is 0.148. The molecule has 0 aliphatic carbocycles. The second-order valence-corrected chi connectivity index (χ2v) is 5.53. The maximum atomic E-state index is 5.92. The zero-order valence-corrected chi connectivity index (χ0v) is 11.6. The van der Waals surface area contributed by atoms with E-state index in [2.05, 4.69) is 48.0 Å². The minimum absolute atomic E-state index is 0.235. The van der Waals surface area contributed by atoms with E-state index in [0.29, 0.717) is 0 Å². The lowest BCUT2D eigenvalue weighted by Crippen LogP contribution is -2.44. The molecule has 1 aliphatic heterocycles. The predicted octanol–water partition coefficient (Wildman–Crippen LogP) is 1.32. The van der Waals surface area contributed by atoms with Crippen LogP contribution in [0.5, 0.6) is 0 Å². The van der Waals surface area contributed by atoms with E-state index in [4.69, 9.17) is 5.73 Å². The third-order valence-electron chi connectivity index (χ3n) is 3.65. The molecule has 1 heterocycles. The third-order valence-corrected chi connectivity index (χ3v) is 3.65. The standard InChI is InChI=1S/C15H25N3/c1-13(16)11-14-5-3-4-6-15(14)12-18-9-7-17(2)8-10-18/h3-6,13H,7-12,16H2,1-2H3. The first-order valence-electron chi connectivity index (χ1n) is 6.88. The van der Waals surface area contributed by atoms with E-state index in [1.807, 2.05) is 0 Å². The van der Waals surface area contributed by atoms with E-state index in [0.717, 1.165) is 13.0 Å². The van der Waals surface area contributed by atoms with Crippen LogP contribution in [0.4, 0.5) is 0 Å². The number of nitrogens with two attached hydrogens (primary N) is 1. The summed E-state index contributed by atoms with van der Waals surface area (Å²) in [6.45, 7) is 7.83. The largest absolute Gasteiger partial charge is 0.328 e. The van der Waals surface area contributed by atoms with Crippen molar-refractivity contribution in [2.24, 2.45) is 5.73 Å². The Bertz CT molecular complexity index is 368. The Kier molecular flexibility index (Phi) is 4.75. The molecular formula is C15H25N3. The molecule has 1 aromatic carbocycles. The first-order chi connectivity index (χ1) is 8.65. The molecule has 0 saturated carbocycles. The molecule has 3 heteroatoms. The van der Waals surface area contributed by atoms with E-state index >= 15 is 0 Å². The van der Waals surface area contributed by atoms with Crippen LogP contribution in [-0.2, 0) is 13.0 Å². The van der Waals surface area contributed by atoms with Crippen LogP contribution in [0.2, 0.25) is 0 Å². The summed E-state index contributed by atoms with van der Waals surface area (Å²) < 4.78 is 0. The summed E-state index contributed by atoms with van der Waals surface area (Å²) in [5.41, 5.74) is 8.78. The molecule has 1 atom stereocenters. The molecule has 0 spiro atoms. The molecule has 100 valence electrons. The van der Waals surface area contributed by atoms with Gasteiger partial charge in [-0.25, -0.2) is 0 Å². The molecule has 2 N–H and O–H groups in total. The first kappa shape index (κ1) is 13.5. The van der Waals surface area contributed by atoms with Crippen molar-refractivity contribution in [1.29, 1.82) is 0 Å². The van der Waals surface area contributed by atoms with Crippen molar-refractivity contribution < 1.29 is 0 Å². The van der Waals surface area contributed by atoms with Crippen molar-refractivity contribution in [3.8, 4) is 0 Å². The zero-order chi connectivity index (χ0) is 13.0. The first-order valence-corrected chi connectivity index (χ1v) is 6.88. The van der Waals surface area contributed by atoms with Gasteiger partial charge < -0.3 is 10.6 Å². The quantitative estimate of drug-likeness (QED) is 0.871. The number of nitrogens with zero attached hydrogens (tertiary/aromatic N) is 2. The summed E-state index contributed by atoms with van der Waals surface area (Å²) in [6.07, 6.45) is 0.976. The van der Waals surface area contributed by atoms with Gasteiger partial charge in [-0.1, -0.05) is 24.3 Å². The van der Waals surface area contributed by atoms with Gasteiger partial charge in [0, 0.05) is 38.8 Å². The Morgan fingerprint density at radius 3 is 2.33 bits per heavy atom. The van der Waals surface area contributed by atoms with Crippen LogP contribution >= 0.6 is 0 Å². The lowest BCUT2D eigenvalue weighted by Gasteiger charge is -2.32. The minimum Gasteiger partial charge on any atom is -0.328 e. The Hall–Kier alpha value is -0.900. The number of hydrogen-bond donors (Lipinski definition) is 1. The van der Waals surface area contributed by atoms with Gasteiger partial charge in [0.25, 0.3) is 0 Å². The molecule has 1 saturated heterocycles. The highest BCUT2D eigenvalue weighted by molar-refractivity contribution is 5.27. The van der Waals surface area contributed by atoms with Gasteiger partial charge in [0.15, 0.2) is 0 Å². The Morgan fingerprint density at radius 1 is 1.11 bits per heavy atom. The summed E-state index contributed by atoms with van der Waals surface area (Å²) in [7, 11) is 2.20. The van der Waals surface area contributed by atoms with E-state index < -0.39 is 0 Å². The normalized spacial score (nSPS) is 19.9. The van der Waals surface area contributed by atoms with Gasteiger partial charge in [0.2, 0.25) is 0 Å². The van der Waals surface area contributed by atoms with Gasteiger partial charge in [0.05, 0.1) is 0 Å². The highest BCUT2D eigenvalue weighted by Gasteiger charge is 2.15. The second-order valence-electron chi connectivity index (χ2n) is 5.53. The van der Waals surface area contributed by atoms with Crippen LogP contribution in [0.15, 0.2) is 24.3 Å². The lowest BCUT2D eigenvalue weighted by atomic mass is 10.0. The zero-order valence-electron chi connectivity index (χ0n) is 11.6. The number of benzene rings is 1. The molecule has 18 heavy (non-hydrogen) atoms. The van der Waals surface area contributed by atoms with Crippen molar-refractivity contribution in [2.45, 2.75) is 25.9 Å². The Balaban J connectivity index is 2.00. The third kappa shape index (κ3) is 3.80. The molecule has 0 bridgehead atoms. The summed E-state index contributed by atoms with van der Waals surface area (Å²) in [6, 6.07) is 8.95. The van der Waals surface area contributed by atoms with Gasteiger partial charge in [-0.05, 0) is 31.5 Å². The average Bonchev–Trinajstić information content (AvgIpc) is 2.34. The topological polar surface area (TPSA) is 32.5 Å². The highest BCUT2D eigenvalue weighted by atomic mass is 15.2. The molecule has 1 aromatic rings. The molecule has 2 rings (SSSR count). The minimum atomic E-state index is 0.235. The average molecular weight is 247 g/mol. The monoisotopic (exact) mass is 247 g/mol. The molecule has 1 fully saturated rings. The van der Waals surface area contributed by atoms with Crippen molar-refractivity contribution in [2.75, 3.05) is 33.2 Å². The van der Waals surface area contributed by atoms with Gasteiger partial charge >= 0.3 is 0 Å². The van der Waals surface area contributed by atoms with Crippen LogP contribution < -0.4 is 5.73 Å². The molecule has 0 aromatic heterocycles. The molecule has 1 unspecified atom stereocenters. The fraction of sp³-hybridized carbons (Fsp3) is 0.600. The Labute approximate surface area is 111 Å². The predicted molar refractivity (Wildman–Crippen MR) is 76.6 cm³/mol. The van der Waals surface area contributed by atoms with Gasteiger partial charge in [0.1, 0.15) is 0 Å². The molecular weight excluding hydrogens is 222 g/mol. The number of likely N-dealkylation sites (N-methyl/N-ethyl adjacent to an activating group) is 1. The van der Waals surface area contributed by atoms with Crippen LogP contribution in [0.1, 0.15) is 18.1 Å². The number of piperazine rings is 1. The van der Waals surface area contributed by atoms with Crippen molar-refractivity contribution >= 4 is 0 Å². The Morgan fingerprint density at radius 2 is 1.72 bits per heavy atom. The highest BCUT2D eigenvalue weighted by Crippen LogP contribution is 2.14. The molecule has 1 aliphatic rings.